The summed E-state index contributed by atoms with van der Waals surface area (Å²) in [7, 11) is 0. The predicted molar refractivity (Wildman–Crippen MR) is 66.9 cm³/mol. The average Bonchev–Trinajstić information content (AvgIpc) is 2.28. The molecule has 0 atom stereocenters. The zero-order valence-electron chi connectivity index (χ0n) is 10.5. The summed E-state index contributed by atoms with van der Waals surface area (Å²) >= 11 is 0. The van der Waals surface area contributed by atoms with Crippen LogP contribution in [0.2, 0.25) is 0 Å². The van der Waals surface area contributed by atoms with Gasteiger partial charge in [-0.05, 0) is 38.3 Å². The van der Waals surface area contributed by atoms with Gasteiger partial charge >= 0.3 is 0 Å². The molecule has 1 aliphatic carbocycles. The Hall–Kier alpha value is -1.42. The van der Waals surface area contributed by atoms with Gasteiger partial charge in [-0.2, -0.15) is 0 Å². The summed E-state index contributed by atoms with van der Waals surface area (Å²) in [6, 6.07) is 4.69. The zero-order valence-corrected chi connectivity index (χ0v) is 10.5. The first-order chi connectivity index (χ1) is 8.63. The first-order valence-corrected chi connectivity index (χ1v) is 6.31. The number of hydrogen-bond donors (Lipinski definition) is 1. The van der Waals surface area contributed by atoms with Gasteiger partial charge < -0.3 is 10.0 Å². The van der Waals surface area contributed by atoms with Gasteiger partial charge in [-0.25, -0.2) is 4.39 Å². The second-order valence-corrected chi connectivity index (χ2v) is 4.79. The van der Waals surface area contributed by atoms with Crippen LogP contribution in [-0.4, -0.2) is 35.1 Å². The van der Waals surface area contributed by atoms with E-state index in [-0.39, 0.29) is 30.7 Å². The van der Waals surface area contributed by atoms with Gasteiger partial charge in [-0.1, -0.05) is 11.6 Å². The highest BCUT2D eigenvalue weighted by molar-refractivity contribution is 5.95. The lowest BCUT2D eigenvalue weighted by atomic mass is 9.91. The maximum Gasteiger partial charge on any atom is 0.257 e. The summed E-state index contributed by atoms with van der Waals surface area (Å²) in [6.07, 6.45) is 2.98. The van der Waals surface area contributed by atoms with E-state index in [1.165, 1.54) is 6.07 Å². The van der Waals surface area contributed by atoms with E-state index in [9.17, 15) is 9.18 Å². The number of aliphatic hydroxyl groups excluding tert-OH is 1. The van der Waals surface area contributed by atoms with Crippen LogP contribution >= 0.6 is 0 Å². The topological polar surface area (TPSA) is 40.5 Å². The molecule has 0 heterocycles. The highest BCUT2D eigenvalue weighted by Crippen LogP contribution is 2.26. The van der Waals surface area contributed by atoms with Crippen molar-refractivity contribution in [2.24, 2.45) is 0 Å². The molecule has 0 bridgehead atoms. The number of hydrogen-bond acceptors (Lipinski definition) is 2. The van der Waals surface area contributed by atoms with Gasteiger partial charge in [-0.15, -0.1) is 0 Å². The lowest BCUT2D eigenvalue weighted by Gasteiger charge is -2.37. The molecular formula is C14H18FNO2. The Kier molecular flexibility index (Phi) is 3.97. The van der Waals surface area contributed by atoms with E-state index in [4.69, 9.17) is 5.11 Å². The van der Waals surface area contributed by atoms with Crippen molar-refractivity contribution in [3.63, 3.8) is 0 Å². The molecule has 0 saturated heterocycles. The van der Waals surface area contributed by atoms with Crippen LogP contribution in [0.5, 0.6) is 0 Å². The third-order valence-corrected chi connectivity index (χ3v) is 3.47. The fraction of sp³-hybridized carbons (Fsp3) is 0.500. The second-order valence-electron chi connectivity index (χ2n) is 4.79. The zero-order chi connectivity index (χ0) is 13.1. The quantitative estimate of drug-likeness (QED) is 0.890. The summed E-state index contributed by atoms with van der Waals surface area (Å²) in [4.78, 5) is 13.9. The number of carbonyl (C=O) groups is 1. The van der Waals surface area contributed by atoms with Crippen LogP contribution in [0.3, 0.4) is 0 Å². The van der Waals surface area contributed by atoms with Crippen LogP contribution in [0.25, 0.3) is 0 Å². The number of halogens is 1. The summed E-state index contributed by atoms with van der Waals surface area (Å²) in [5.74, 6) is -0.803. The maximum atomic E-state index is 13.7. The molecule has 0 unspecified atom stereocenters. The van der Waals surface area contributed by atoms with Gasteiger partial charge in [-0.3, -0.25) is 4.79 Å². The first kappa shape index (κ1) is 13.0. The van der Waals surface area contributed by atoms with Crippen molar-refractivity contribution in [2.45, 2.75) is 32.2 Å². The van der Waals surface area contributed by atoms with Crippen molar-refractivity contribution < 1.29 is 14.3 Å². The van der Waals surface area contributed by atoms with E-state index < -0.39 is 5.82 Å². The standard InChI is InChI=1S/C14H18FNO2/c1-10-5-6-13(15)12(9-10)14(18)16(7-8-17)11-3-2-4-11/h5-6,9,11,17H,2-4,7-8H2,1H3. The number of aryl methyl sites for hydroxylation is 1. The monoisotopic (exact) mass is 251 g/mol. The van der Waals surface area contributed by atoms with Crippen molar-refractivity contribution in [1.82, 2.24) is 4.90 Å². The third kappa shape index (κ3) is 2.53. The van der Waals surface area contributed by atoms with Crippen LogP contribution in [0.4, 0.5) is 4.39 Å². The lowest BCUT2D eigenvalue weighted by Crippen LogP contribution is -2.45. The van der Waals surface area contributed by atoms with Crippen molar-refractivity contribution in [1.29, 1.82) is 0 Å². The molecule has 1 saturated carbocycles. The number of nitrogens with zero attached hydrogens (tertiary/aromatic N) is 1. The van der Waals surface area contributed by atoms with Crippen LogP contribution in [0, 0.1) is 12.7 Å². The Morgan fingerprint density at radius 3 is 2.78 bits per heavy atom. The smallest absolute Gasteiger partial charge is 0.257 e. The van der Waals surface area contributed by atoms with Gasteiger partial charge in [0.2, 0.25) is 0 Å². The van der Waals surface area contributed by atoms with Crippen molar-refractivity contribution in [2.75, 3.05) is 13.2 Å². The van der Waals surface area contributed by atoms with Crippen LogP contribution in [0.15, 0.2) is 18.2 Å². The summed E-state index contributed by atoms with van der Waals surface area (Å²) in [5, 5.41) is 9.04. The highest BCUT2D eigenvalue weighted by Gasteiger charge is 2.30. The minimum absolute atomic E-state index is 0.0876. The van der Waals surface area contributed by atoms with E-state index >= 15 is 0 Å². The van der Waals surface area contributed by atoms with Gasteiger partial charge in [0.05, 0.1) is 12.2 Å². The number of benzene rings is 1. The number of amides is 1. The molecule has 1 amide bonds. The van der Waals surface area contributed by atoms with Crippen molar-refractivity contribution >= 4 is 5.91 Å². The van der Waals surface area contributed by atoms with Crippen LogP contribution < -0.4 is 0 Å². The Bertz CT molecular complexity index is 443. The first-order valence-electron chi connectivity index (χ1n) is 6.31. The molecule has 0 radical (unpaired) electrons. The molecule has 98 valence electrons. The van der Waals surface area contributed by atoms with E-state index in [0.717, 1.165) is 24.8 Å². The Balaban J connectivity index is 2.23. The van der Waals surface area contributed by atoms with E-state index in [1.54, 1.807) is 17.0 Å². The van der Waals surface area contributed by atoms with Gasteiger partial charge in [0.25, 0.3) is 5.91 Å². The maximum absolute atomic E-state index is 13.7. The second kappa shape index (κ2) is 5.48. The van der Waals surface area contributed by atoms with Crippen molar-refractivity contribution in [3.8, 4) is 0 Å². The van der Waals surface area contributed by atoms with Crippen molar-refractivity contribution in [3.05, 3.63) is 35.1 Å². The normalized spacial score (nSPS) is 15.3. The third-order valence-electron chi connectivity index (χ3n) is 3.47. The van der Waals surface area contributed by atoms with E-state index in [2.05, 4.69) is 0 Å². The highest BCUT2D eigenvalue weighted by atomic mass is 19.1. The minimum Gasteiger partial charge on any atom is -0.395 e. The molecule has 0 aliphatic heterocycles. The van der Waals surface area contributed by atoms with E-state index in [1.807, 2.05) is 6.92 Å². The fourth-order valence-electron chi connectivity index (χ4n) is 2.21. The molecule has 1 aromatic rings. The number of rotatable bonds is 4. The van der Waals surface area contributed by atoms with Gasteiger partial charge in [0, 0.05) is 12.6 Å². The van der Waals surface area contributed by atoms with E-state index in [0.29, 0.717) is 0 Å². The molecule has 18 heavy (non-hydrogen) atoms. The molecule has 0 spiro atoms. The number of aliphatic hydroxyl groups is 1. The molecular weight excluding hydrogens is 233 g/mol. The molecule has 1 N–H and O–H groups in total. The molecule has 1 aromatic carbocycles. The molecule has 4 heteroatoms. The summed E-state index contributed by atoms with van der Waals surface area (Å²) < 4.78 is 13.7. The van der Waals surface area contributed by atoms with Crippen LogP contribution in [0.1, 0.15) is 35.2 Å². The fourth-order valence-corrected chi connectivity index (χ4v) is 2.21. The Morgan fingerprint density at radius 1 is 1.50 bits per heavy atom. The van der Waals surface area contributed by atoms with Gasteiger partial charge in [0.1, 0.15) is 5.82 Å². The molecule has 0 aromatic heterocycles. The van der Waals surface area contributed by atoms with Crippen LogP contribution in [-0.2, 0) is 0 Å². The Labute approximate surface area is 106 Å². The Morgan fingerprint density at radius 2 is 2.22 bits per heavy atom. The molecule has 3 nitrogen and oxygen atoms in total. The summed E-state index contributed by atoms with van der Waals surface area (Å²) in [6.45, 7) is 2.02. The summed E-state index contributed by atoms with van der Waals surface area (Å²) in [5.41, 5.74) is 0.965. The molecule has 1 fully saturated rings. The largest absolute Gasteiger partial charge is 0.395 e. The van der Waals surface area contributed by atoms with Gasteiger partial charge in [0.15, 0.2) is 0 Å². The molecule has 2 rings (SSSR count). The number of carbonyl (C=O) groups excluding carboxylic acids is 1. The predicted octanol–water partition coefficient (Wildman–Crippen LogP) is 2.12. The lowest BCUT2D eigenvalue weighted by molar-refractivity contribution is 0.0521. The average molecular weight is 251 g/mol. The SMILES string of the molecule is Cc1ccc(F)c(C(=O)N(CCO)C2CCC2)c1. The minimum atomic E-state index is -0.493. The molecule has 1 aliphatic rings.